The second kappa shape index (κ2) is 9.13. The number of aromatic nitrogens is 4. The van der Waals surface area contributed by atoms with E-state index in [4.69, 9.17) is 0 Å². The zero-order valence-corrected chi connectivity index (χ0v) is 17.1. The zero-order chi connectivity index (χ0) is 21.0. The van der Waals surface area contributed by atoms with Crippen LogP contribution in [0.5, 0.6) is 0 Å². The molecule has 9 nitrogen and oxygen atoms in total. The molecule has 29 heavy (non-hydrogen) atoms. The largest absolute Gasteiger partial charge is 0.391 e. The summed E-state index contributed by atoms with van der Waals surface area (Å²) in [5.41, 5.74) is 3.01. The van der Waals surface area contributed by atoms with Crippen LogP contribution in [-0.2, 0) is 11.3 Å². The zero-order valence-electron chi connectivity index (χ0n) is 17.1. The van der Waals surface area contributed by atoms with Crippen molar-refractivity contribution in [2.75, 3.05) is 6.54 Å². The number of hydrogen-bond donors (Lipinski definition) is 3. The van der Waals surface area contributed by atoms with Gasteiger partial charge in [-0.05, 0) is 40.0 Å². The molecule has 1 saturated carbocycles. The minimum absolute atomic E-state index is 0.0511. The molecular weight excluding hydrogens is 372 g/mol. The summed E-state index contributed by atoms with van der Waals surface area (Å²) in [6, 6.07) is -0.481. The molecule has 3 atom stereocenters. The van der Waals surface area contributed by atoms with Gasteiger partial charge >= 0.3 is 0 Å². The molecule has 1 aliphatic carbocycles. The van der Waals surface area contributed by atoms with Gasteiger partial charge in [-0.15, -0.1) is 0 Å². The van der Waals surface area contributed by atoms with Gasteiger partial charge in [0.2, 0.25) is 5.91 Å². The highest BCUT2D eigenvalue weighted by molar-refractivity contribution is 5.95. The Kier molecular flexibility index (Phi) is 6.58. The normalized spacial score (nSPS) is 21.6. The van der Waals surface area contributed by atoms with E-state index in [-0.39, 0.29) is 17.7 Å². The lowest BCUT2D eigenvalue weighted by Crippen LogP contribution is -2.49. The van der Waals surface area contributed by atoms with Crippen molar-refractivity contribution in [3.05, 3.63) is 41.5 Å². The number of nitrogens with zero attached hydrogens (tertiary/aromatic N) is 4. The highest BCUT2D eigenvalue weighted by atomic mass is 16.3. The summed E-state index contributed by atoms with van der Waals surface area (Å²) in [6.45, 7) is 6.84. The van der Waals surface area contributed by atoms with E-state index in [1.54, 1.807) is 13.3 Å². The Labute approximate surface area is 170 Å². The lowest BCUT2D eigenvalue weighted by molar-refractivity contribution is -0.127. The first-order valence-electron chi connectivity index (χ1n) is 9.88. The van der Waals surface area contributed by atoms with E-state index in [0.717, 1.165) is 11.4 Å². The lowest BCUT2D eigenvalue weighted by Gasteiger charge is -2.33. The topological polar surface area (TPSA) is 122 Å². The maximum absolute atomic E-state index is 12.6. The van der Waals surface area contributed by atoms with Gasteiger partial charge < -0.3 is 20.3 Å². The molecule has 1 aliphatic rings. The predicted molar refractivity (Wildman–Crippen MR) is 106 cm³/mol. The first kappa shape index (κ1) is 20.9. The average molecular weight is 400 g/mol. The summed E-state index contributed by atoms with van der Waals surface area (Å²) < 4.78 is 2.01. The number of amides is 2. The third-order valence-electron chi connectivity index (χ3n) is 5.65. The summed E-state index contributed by atoms with van der Waals surface area (Å²) in [5, 5.41) is 16.1. The van der Waals surface area contributed by atoms with Crippen molar-refractivity contribution >= 4 is 11.8 Å². The predicted octanol–water partition coefficient (Wildman–Crippen LogP) is 0.674. The number of hydrogen-bond acceptors (Lipinski definition) is 6. The van der Waals surface area contributed by atoms with E-state index < -0.39 is 12.1 Å². The average Bonchev–Trinajstić information content (AvgIpc) is 3.02. The molecule has 3 N–H and O–H groups in total. The third kappa shape index (κ3) is 4.97. The molecule has 3 rings (SSSR count). The molecule has 1 fully saturated rings. The van der Waals surface area contributed by atoms with Crippen LogP contribution in [0.1, 0.15) is 46.7 Å². The number of aliphatic hydroxyl groups is 1. The highest BCUT2D eigenvalue weighted by Crippen LogP contribution is 2.25. The number of rotatable bonds is 6. The Morgan fingerprint density at radius 2 is 2.00 bits per heavy atom. The number of nitrogens with one attached hydrogen (secondary N) is 2. The minimum Gasteiger partial charge on any atom is -0.391 e. The first-order valence-corrected chi connectivity index (χ1v) is 9.88. The van der Waals surface area contributed by atoms with Gasteiger partial charge in [0.25, 0.3) is 5.91 Å². The van der Waals surface area contributed by atoms with Gasteiger partial charge in [0, 0.05) is 30.9 Å². The number of carbonyl (C=O) groups is 2. The van der Waals surface area contributed by atoms with E-state index in [2.05, 4.69) is 25.6 Å². The van der Waals surface area contributed by atoms with Crippen LogP contribution in [0.4, 0.5) is 0 Å². The third-order valence-corrected chi connectivity index (χ3v) is 5.65. The van der Waals surface area contributed by atoms with Crippen LogP contribution < -0.4 is 10.6 Å². The molecule has 0 bridgehead atoms. The van der Waals surface area contributed by atoms with Crippen molar-refractivity contribution in [1.82, 2.24) is 30.2 Å². The van der Waals surface area contributed by atoms with Gasteiger partial charge in [-0.2, -0.15) is 0 Å². The van der Waals surface area contributed by atoms with Crippen molar-refractivity contribution in [2.45, 2.75) is 58.7 Å². The summed E-state index contributed by atoms with van der Waals surface area (Å²) in [7, 11) is 0. The second-order valence-corrected chi connectivity index (χ2v) is 7.58. The molecule has 9 heteroatoms. The molecule has 0 radical (unpaired) electrons. The fourth-order valence-electron chi connectivity index (χ4n) is 3.62. The van der Waals surface area contributed by atoms with Crippen molar-refractivity contribution in [3.8, 4) is 0 Å². The quantitative estimate of drug-likeness (QED) is 0.655. The van der Waals surface area contributed by atoms with Crippen molar-refractivity contribution in [2.24, 2.45) is 5.92 Å². The van der Waals surface area contributed by atoms with Gasteiger partial charge in [-0.3, -0.25) is 9.59 Å². The van der Waals surface area contributed by atoms with Gasteiger partial charge in [0.1, 0.15) is 6.33 Å². The summed E-state index contributed by atoms with van der Waals surface area (Å²) in [6.07, 6.45) is 5.39. The number of aryl methyl sites for hydroxylation is 2. The minimum atomic E-state index is -0.676. The smallest absolute Gasteiger partial charge is 0.255 e. The number of carbonyl (C=O) groups excluding carboxylic acids is 2. The number of imidazole rings is 1. The Bertz CT molecular complexity index is 881. The van der Waals surface area contributed by atoms with E-state index >= 15 is 0 Å². The van der Waals surface area contributed by atoms with Crippen LogP contribution >= 0.6 is 0 Å². The maximum atomic E-state index is 12.6. The van der Waals surface area contributed by atoms with E-state index in [1.807, 2.05) is 18.4 Å². The van der Waals surface area contributed by atoms with Crippen LogP contribution in [-0.4, -0.2) is 55.1 Å². The van der Waals surface area contributed by atoms with Crippen molar-refractivity contribution in [3.63, 3.8) is 0 Å². The second-order valence-electron chi connectivity index (χ2n) is 7.58. The molecule has 2 amide bonds. The molecule has 2 heterocycles. The lowest BCUT2D eigenvalue weighted by atomic mass is 9.83. The fraction of sp³-hybridized carbons (Fsp3) is 0.550. The van der Waals surface area contributed by atoms with Crippen LogP contribution in [0, 0.1) is 26.7 Å². The van der Waals surface area contributed by atoms with Crippen LogP contribution in [0.3, 0.4) is 0 Å². The van der Waals surface area contributed by atoms with Crippen LogP contribution in [0.2, 0.25) is 0 Å². The van der Waals surface area contributed by atoms with E-state index in [1.165, 1.54) is 12.5 Å². The maximum Gasteiger partial charge on any atom is 0.255 e. The molecule has 0 spiro atoms. The van der Waals surface area contributed by atoms with Crippen molar-refractivity contribution in [1.29, 1.82) is 0 Å². The summed E-state index contributed by atoms with van der Waals surface area (Å²) >= 11 is 0. The summed E-state index contributed by atoms with van der Waals surface area (Å²) in [5.74, 6) is -0.633. The Hall–Kier alpha value is -2.81. The van der Waals surface area contributed by atoms with E-state index in [9.17, 15) is 14.7 Å². The number of aliphatic hydroxyl groups excluding tert-OH is 1. The van der Waals surface area contributed by atoms with Gasteiger partial charge in [-0.1, -0.05) is 0 Å². The molecule has 0 aliphatic heterocycles. The molecule has 2 aromatic heterocycles. The monoisotopic (exact) mass is 400 g/mol. The van der Waals surface area contributed by atoms with Crippen molar-refractivity contribution < 1.29 is 14.7 Å². The van der Waals surface area contributed by atoms with Gasteiger partial charge in [-0.25, -0.2) is 15.0 Å². The molecule has 156 valence electrons. The molecule has 0 aromatic carbocycles. The van der Waals surface area contributed by atoms with Gasteiger partial charge in [0.15, 0.2) is 0 Å². The molecule has 0 unspecified atom stereocenters. The van der Waals surface area contributed by atoms with Crippen LogP contribution in [0.25, 0.3) is 0 Å². The van der Waals surface area contributed by atoms with Crippen LogP contribution in [0.15, 0.2) is 18.9 Å². The summed E-state index contributed by atoms with van der Waals surface area (Å²) in [4.78, 5) is 37.3. The molecular formula is C20H28N6O3. The SMILES string of the molecule is Cc1ncncc1C(=O)N[C@@H]1C[C@@H](C(=O)NCCn2cnc(C)c2C)CC[C@H]1O. The highest BCUT2D eigenvalue weighted by Gasteiger charge is 2.34. The Morgan fingerprint density at radius 3 is 2.69 bits per heavy atom. The molecule has 0 saturated heterocycles. The molecule has 2 aromatic rings. The Morgan fingerprint density at radius 1 is 1.21 bits per heavy atom. The standard InChI is InChI=1S/C20H28N6O3/c1-12-14(3)26(11-24-12)7-6-22-19(28)15-4-5-18(27)17(8-15)25-20(29)16-9-21-10-23-13(16)2/h9-11,15,17-18,27H,4-8H2,1-3H3,(H,22,28)(H,25,29)/t15-,17+,18+/m0/s1. The van der Waals surface area contributed by atoms with Gasteiger partial charge in [0.05, 0.1) is 35.4 Å². The fourth-order valence-corrected chi connectivity index (χ4v) is 3.62. The first-order chi connectivity index (χ1) is 13.9. The Balaban J connectivity index is 1.53. The van der Waals surface area contributed by atoms with E-state index in [0.29, 0.717) is 43.6 Å².